The molecule has 2 heterocycles. The standard InChI is InChI=1S/C19H21FN4O/c1-25-18-4-2-14(8-17(18)20)12-24-7-6-16(13-24)11-23-19-5-3-15(9-21)10-22-19/h2-5,8,10,16H,6-7,11-13H2,1H3,(H,22,23). The minimum absolute atomic E-state index is 0.280. The van der Waals surface area contributed by atoms with Crippen LogP contribution in [0, 0.1) is 23.1 Å². The van der Waals surface area contributed by atoms with Crippen molar-refractivity contribution < 1.29 is 9.13 Å². The van der Waals surface area contributed by atoms with Gasteiger partial charge in [0.25, 0.3) is 0 Å². The number of nitrogens with one attached hydrogen (secondary N) is 1. The first-order valence-electron chi connectivity index (χ1n) is 8.32. The van der Waals surface area contributed by atoms with Gasteiger partial charge >= 0.3 is 0 Å². The Morgan fingerprint density at radius 1 is 1.40 bits per heavy atom. The molecule has 1 aliphatic rings. The van der Waals surface area contributed by atoms with Gasteiger partial charge in [-0.25, -0.2) is 9.37 Å². The number of hydrogen-bond donors (Lipinski definition) is 1. The SMILES string of the molecule is COc1ccc(CN2CCC(CNc3ccc(C#N)cn3)C2)cc1F. The molecule has 1 aromatic carbocycles. The number of ether oxygens (including phenoxy) is 1. The molecule has 1 N–H and O–H groups in total. The number of likely N-dealkylation sites (tertiary alicyclic amines) is 1. The molecule has 0 bridgehead atoms. The molecule has 1 aromatic heterocycles. The minimum atomic E-state index is -0.315. The third kappa shape index (κ3) is 4.46. The molecule has 0 saturated carbocycles. The zero-order chi connectivity index (χ0) is 17.6. The van der Waals surface area contributed by atoms with Crippen LogP contribution in [0.15, 0.2) is 36.5 Å². The number of nitriles is 1. The van der Waals surface area contributed by atoms with E-state index in [2.05, 4.69) is 21.3 Å². The molecule has 2 aromatic rings. The fourth-order valence-corrected chi connectivity index (χ4v) is 3.10. The summed E-state index contributed by atoms with van der Waals surface area (Å²) in [6, 6.07) is 10.8. The van der Waals surface area contributed by atoms with Crippen molar-refractivity contribution in [2.24, 2.45) is 5.92 Å². The molecule has 1 atom stereocenters. The van der Waals surface area contributed by atoms with Crippen molar-refractivity contribution in [1.82, 2.24) is 9.88 Å². The maximum Gasteiger partial charge on any atom is 0.165 e. The molecule has 0 radical (unpaired) electrons. The zero-order valence-corrected chi connectivity index (χ0v) is 14.2. The van der Waals surface area contributed by atoms with E-state index in [1.807, 2.05) is 12.1 Å². The predicted molar refractivity (Wildman–Crippen MR) is 93.8 cm³/mol. The van der Waals surface area contributed by atoms with Gasteiger partial charge in [0.15, 0.2) is 11.6 Å². The molecule has 1 fully saturated rings. The van der Waals surface area contributed by atoms with Crippen LogP contribution in [0.4, 0.5) is 10.2 Å². The summed E-state index contributed by atoms with van der Waals surface area (Å²) in [7, 11) is 1.47. The van der Waals surface area contributed by atoms with E-state index in [0.717, 1.165) is 44.0 Å². The smallest absolute Gasteiger partial charge is 0.165 e. The van der Waals surface area contributed by atoms with Gasteiger partial charge in [-0.05, 0) is 48.7 Å². The van der Waals surface area contributed by atoms with E-state index in [-0.39, 0.29) is 11.6 Å². The topological polar surface area (TPSA) is 61.2 Å². The van der Waals surface area contributed by atoms with E-state index in [9.17, 15) is 4.39 Å². The summed E-state index contributed by atoms with van der Waals surface area (Å²) in [5, 5.41) is 12.1. The van der Waals surface area contributed by atoms with Crippen LogP contribution >= 0.6 is 0 Å². The van der Waals surface area contributed by atoms with Gasteiger partial charge in [0, 0.05) is 25.8 Å². The highest BCUT2D eigenvalue weighted by Crippen LogP contribution is 2.22. The molecule has 1 aliphatic heterocycles. The van der Waals surface area contributed by atoms with Crippen LogP contribution in [-0.2, 0) is 6.54 Å². The van der Waals surface area contributed by atoms with E-state index < -0.39 is 0 Å². The summed E-state index contributed by atoms with van der Waals surface area (Å²) in [6.07, 6.45) is 2.67. The maximum atomic E-state index is 13.8. The number of methoxy groups -OCH3 is 1. The van der Waals surface area contributed by atoms with Crippen molar-refractivity contribution >= 4 is 5.82 Å². The summed E-state index contributed by atoms with van der Waals surface area (Å²) in [5.74, 6) is 1.28. The van der Waals surface area contributed by atoms with Gasteiger partial charge in [-0.15, -0.1) is 0 Å². The van der Waals surface area contributed by atoms with Crippen LogP contribution < -0.4 is 10.1 Å². The van der Waals surface area contributed by atoms with Gasteiger partial charge in [0.1, 0.15) is 11.9 Å². The molecule has 0 aliphatic carbocycles. The van der Waals surface area contributed by atoms with Gasteiger partial charge in [0.2, 0.25) is 0 Å². The average Bonchev–Trinajstić information content (AvgIpc) is 3.08. The Hall–Kier alpha value is -2.65. The van der Waals surface area contributed by atoms with Crippen molar-refractivity contribution in [1.29, 1.82) is 5.26 Å². The number of anilines is 1. The highest BCUT2D eigenvalue weighted by atomic mass is 19.1. The Labute approximate surface area is 147 Å². The van der Waals surface area contributed by atoms with E-state index >= 15 is 0 Å². The normalized spacial score (nSPS) is 17.2. The molecule has 0 spiro atoms. The molecule has 0 amide bonds. The van der Waals surface area contributed by atoms with Gasteiger partial charge in [-0.2, -0.15) is 5.26 Å². The lowest BCUT2D eigenvalue weighted by Gasteiger charge is -2.17. The fraction of sp³-hybridized carbons (Fsp3) is 0.368. The van der Waals surface area contributed by atoms with Crippen LogP contribution in [0.2, 0.25) is 0 Å². The van der Waals surface area contributed by atoms with Crippen LogP contribution in [0.3, 0.4) is 0 Å². The number of rotatable bonds is 6. The first-order valence-corrected chi connectivity index (χ1v) is 8.32. The van der Waals surface area contributed by atoms with Crippen molar-refractivity contribution in [3.05, 3.63) is 53.5 Å². The third-order valence-electron chi connectivity index (χ3n) is 4.46. The number of benzene rings is 1. The molecule has 1 saturated heterocycles. The first kappa shape index (κ1) is 17.2. The second-order valence-corrected chi connectivity index (χ2v) is 6.28. The average molecular weight is 340 g/mol. The first-order chi connectivity index (χ1) is 12.2. The Balaban J connectivity index is 1.48. The fourth-order valence-electron chi connectivity index (χ4n) is 3.10. The third-order valence-corrected chi connectivity index (χ3v) is 4.46. The summed E-state index contributed by atoms with van der Waals surface area (Å²) in [4.78, 5) is 6.56. The minimum Gasteiger partial charge on any atom is -0.494 e. The van der Waals surface area contributed by atoms with E-state index in [0.29, 0.717) is 11.5 Å². The number of halogens is 1. The molecule has 1 unspecified atom stereocenters. The molecule has 6 heteroatoms. The highest BCUT2D eigenvalue weighted by molar-refractivity contribution is 5.39. The number of aromatic nitrogens is 1. The van der Waals surface area contributed by atoms with Gasteiger partial charge in [-0.1, -0.05) is 6.07 Å². The van der Waals surface area contributed by atoms with Crippen LogP contribution in [0.1, 0.15) is 17.5 Å². The van der Waals surface area contributed by atoms with Crippen molar-refractivity contribution in [3.8, 4) is 11.8 Å². The summed E-state index contributed by atoms with van der Waals surface area (Å²) >= 11 is 0. The molecule has 3 rings (SSSR count). The molecular weight excluding hydrogens is 319 g/mol. The number of nitrogens with zero attached hydrogens (tertiary/aromatic N) is 3. The monoisotopic (exact) mass is 340 g/mol. The van der Waals surface area contributed by atoms with E-state index in [1.54, 1.807) is 24.4 Å². The Morgan fingerprint density at radius 2 is 2.28 bits per heavy atom. The second kappa shape index (κ2) is 7.95. The zero-order valence-electron chi connectivity index (χ0n) is 14.2. The van der Waals surface area contributed by atoms with Crippen molar-refractivity contribution in [3.63, 3.8) is 0 Å². The number of hydrogen-bond acceptors (Lipinski definition) is 5. The maximum absolute atomic E-state index is 13.8. The van der Waals surface area contributed by atoms with Crippen molar-refractivity contribution in [2.75, 3.05) is 32.1 Å². The summed E-state index contributed by atoms with van der Waals surface area (Å²) < 4.78 is 18.7. The van der Waals surface area contributed by atoms with Gasteiger partial charge in [0.05, 0.1) is 12.7 Å². The van der Waals surface area contributed by atoms with E-state index in [4.69, 9.17) is 10.00 Å². The lowest BCUT2D eigenvalue weighted by atomic mass is 10.1. The lowest BCUT2D eigenvalue weighted by molar-refractivity contribution is 0.317. The number of pyridine rings is 1. The predicted octanol–water partition coefficient (Wildman–Crippen LogP) is 3.03. The van der Waals surface area contributed by atoms with Crippen molar-refractivity contribution in [2.45, 2.75) is 13.0 Å². The molecular formula is C19H21FN4O. The van der Waals surface area contributed by atoms with Gasteiger partial charge in [-0.3, -0.25) is 4.90 Å². The quantitative estimate of drug-likeness (QED) is 0.876. The van der Waals surface area contributed by atoms with Crippen LogP contribution in [0.5, 0.6) is 5.75 Å². The second-order valence-electron chi connectivity index (χ2n) is 6.28. The Kier molecular flexibility index (Phi) is 5.46. The summed E-state index contributed by atoms with van der Waals surface area (Å²) in [5.41, 5.74) is 1.52. The molecule has 5 nitrogen and oxygen atoms in total. The summed E-state index contributed by atoms with van der Waals surface area (Å²) in [6.45, 7) is 3.55. The van der Waals surface area contributed by atoms with E-state index in [1.165, 1.54) is 7.11 Å². The Bertz CT molecular complexity index is 757. The lowest BCUT2D eigenvalue weighted by Crippen LogP contribution is -2.22. The van der Waals surface area contributed by atoms with Crippen LogP contribution in [0.25, 0.3) is 0 Å². The molecule has 130 valence electrons. The van der Waals surface area contributed by atoms with Gasteiger partial charge < -0.3 is 10.1 Å². The van der Waals surface area contributed by atoms with Crippen LogP contribution in [-0.4, -0.2) is 36.6 Å². The molecule has 25 heavy (non-hydrogen) atoms. The highest BCUT2D eigenvalue weighted by Gasteiger charge is 2.22. The largest absolute Gasteiger partial charge is 0.494 e. The Morgan fingerprint density at radius 3 is 2.96 bits per heavy atom.